The summed E-state index contributed by atoms with van der Waals surface area (Å²) in [4.78, 5) is 0. The number of alkyl halides is 2. The number of benzene rings is 1. The van der Waals surface area contributed by atoms with Crippen molar-refractivity contribution in [2.75, 3.05) is 5.88 Å². The molecule has 0 saturated heterocycles. The van der Waals surface area contributed by atoms with Gasteiger partial charge in [-0.05, 0) is 24.5 Å². The van der Waals surface area contributed by atoms with Crippen LogP contribution in [0.2, 0.25) is 0 Å². The largest absolute Gasteiger partial charge is 0.508 e. The fourth-order valence-electron chi connectivity index (χ4n) is 1.17. The quantitative estimate of drug-likeness (QED) is 0.770. The van der Waals surface area contributed by atoms with Crippen LogP contribution in [-0.2, 0) is 12.3 Å². The molecule has 1 N–H and O–H groups in total. The van der Waals surface area contributed by atoms with Gasteiger partial charge in [0, 0.05) is 11.4 Å². The number of phenolic OH excluding ortho intramolecular Hbond substituents is 1. The first-order valence-corrected chi connectivity index (χ1v) is 5.27. The first kappa shape index (κ1) is 10.7. The highest BCUT2D eigenvalue weighted by atomic mass is 35.5. The molecule has 1 nitrogen and oxygen atoms in total. The minimum absolute atomic E-state index is 0.268. The van der Waals surface area contributed by atoms with Crippen molar-refractivity contribution in [3.8, 4) is 5.75 Å². The Morgan fingerprint density at radius 1 is 1.23 bits per heavy atom. The Balaban J connectivity index is 2.74. The number of hydrogen-bond acceptors (Lipinski definition) is 1. The minimum Gasteiger partial charge on any atom is -0.508 e. The molecule has 72 valence electrons. The summed E-state index contributed by atoms with van der Waals surface area (Å²) >= 11 is 11.2. The van der Waals surface area contributed by atoms with E-state index in [1.165, 1.54) is 5.56 Å². The molecule has 1 rings (SSSR count). The molecule has 3 heteroatoms. The molecular formula is C10H12Cl2O. The zero-order chi connectivity index (χ0) is 9.68. The predicted molar refractivity (Wildman–Crippen MR) is 56.7 cm³/mol. The van der Waals surface area contributed by atoms with Crippen LogP contribution in [0, 0.1) is 0 Å². The van der Waals surface area contributed by atoms with Crippen molar-refractivity contribution in [2.45, 2.75) is 18.7 Å². The van der Waals surface area contributed by atoms with Crippen molar-refractivity contribution in [3.05, 3.63) is 29.3 Å². The highest BCUT2D eigenvalue weighted by molar-refractivity contribution is 6.17. The minimum atomic E-state index is 0.268. The molecule has 0 aromatic heterocycles. The summed E-state index contributed by atoms with van der Waals surface area (Å²) in [5.41, 5.74) is 1.96. The van der Waals surface area contributed by atoms with E-state index in [-0.39, 0.29) is 5.75 Å². The van der Waals surface area contributed by atoms with Gasteiger partial charge in [-0.3, -0.25) is 0 Å². The molecule has 0 fully saturated rings. The lowest BCUT2D eigenvalue weighted by Crippen LogP contribution is -1.88. The molecule has 1 aromatic carbocycles. The number of aromatic hydroxyl groups is 1. The lowest BCUT2D eigenvalue weighted by atomic mass is 10.1. The second-order valence-electron chi connectivity index (χ2n) is 2.89. The zero-order valence-corrected chi connectivity index (χ0v) is 8.78. The second-order valence-corrected chi connectivity index (χ2v) is 3.53. The Morgan fingerprint density at radius 3 is 2.62 bits per heavy atom. The molecule has 0 aliphatic carbocycles. The van der Waals surface area contributed by atoms with E-state index >= 15 is 0 Å². The monoisotopic (exact) mass is 218 g/mol. The molecule has 0 aliphatic rings. The van der Waals surface area contributed by atoms with E-state index in [2.05, 4.69) is 0 Å². The van der Waals surface area contributed by atoms with E-state index < -0.39 is 0 Å². The molecule has 0 aliphatic heterocycles. The van der Waals surface area contributed by atoms with Crippen LogP contribution in [0.1, 0.15) is 17.5 Å². The molecule has 0 radical (unpaired) electrons. The number of aryl methyl sites for hydroxylation is 1. The van der Waals surface area contributed by atoms with Gasteiger partial charge in [0.2, 0.25) is 0 Å². The molecule has 0 saturated carbocycles. The highest BCUT2D eigenvalue weighted by Gasteiger charge is 2.00. The van der Waals surface area contributed by atoms with E-state index in [0.29, 0.717) is 11.8 Å². The third kappa shape index (κ3) is 3.09. The lowest BCUT2D eigenvalue weighted by Gasteiger charge is -2.04. The van der Waals surface area contributed by atoms with E-state index in [1.807, 2.05) is 12.1 Å². The van der Waals surface area contributed by atoms with Crippen LogP contribution < -0.4 is 0 Å². The average Bonchev–Trinajstić information content (AvgIpc) is 2.16. The van der Waals surface area contributed by atoms with Crippen molar-refractivity contribution in [1.82, 2.24) is 0 Å². The second kappa shape index (κ2) is 5.36. The van der Waals surface area contributed by atoms with Crippen LogP contribution in [0.15, 0.2) is 18.2 Å². The Morgan fingerprint density at radius 2 is 2.00 bits per heavy atom. The van der Waals surface area contributed by atoms with Crippen LogP contribution in [0.4, 0.5) is 0 Å². The van der Waals surface area contributed by atoms with Crippen LogP contribution in [0.5, 0.6) is 5.75 Å². The zero-order valence-electron chi connectivity index (χ0n) is 7.26. The molecular weight excluding hydrogens is 207 g/mol. The Bertz CT molecular complexity index is 274. The predicted octanol–water partition coefficient (Wildman–Crippen LogP) is 3.30. The third-order valence-corrected chi connectivity index (χ3v) is 2.44. The summed E-state index contributed by atoms with van der Waals surface area (Å²) in [5, 5.41) is 9.35. The lowest BCUT2D eigenvalue weighted by molar-refractivity contribution is 0.470. The van der Waals surface area contributed by atoms with Gasteiger partial charge < -0.3 is 5.11 Å². The SMILES string of the molecule is Oc1ccc(CCCCl)cc1CCl. The van der Waals surface area contributed by atoms with Gasteiger partial charge in [0.1, 0.15) is 5.75 Å². The smallest absolute Gasteiger partial charge is 0.119 e. The summed E-state index contributed by atoms with van der Waals surface area (Å²) in [6.07, 6.45) is 1.89. The van der Waals surface area contributed by atoms with Gasteiger partial charge in [0.05, 0.1) is 5.88 Å². The fourth-order valence-corrected chi connectivity index (χ4v) is 1.52. The standard InChI is InChI=1S/C10H12Cl2O/c11-5-1-2-8-3-4-10(13)9(6-8)7-12/h3-4,6,13H,1-2,5,7H2. The van der Waals surface area contributed by atoms with Crippen molar-refractivity contribution >= 4 is 23.2 Å². The Hall–Kier alpha value is -0.400. The van der Waals surface area contributed by atoms with Crippen LogP contribution in [0.3, 0.4) is 0 Å². The van der Waals surface area contributed by atoms with Gasteiger partial charge in [0.25, 0.3) is 0 Å². The molecule has 0 bridgehead atoms. The van der Waals surface area contributed by atoms with Gasteiger partial charge in [-0.1, -0.05) is 12.1 Å². The normalized spacial score (nSPS) is 10.3. The number of rotatable bonds is 4. The van der Waals surface area contributed by atoms with E-state index in [0.717, 1.165) is 18.4 Å². The van der Waals surface area contributed by atoms with Gasteiger partial charge in [-0.25, -0.2) is 0 Å². The van der Waals surface area contributed by atoms with Crippen molar-refractivity contribution < 1.29 is 5.11 Å². The number of halogens is 2. The molecule has 0 atom stereocenters. The van der Waals surface area contributed by atoms with E-state index in [4.69, 9.17) is 23.2 Å². The van der Waals surface area contributed by atoms with Crippen LogP contribution in [0.25, 0.3) is 0 Å². The van der Waals surface area contributed by atoms with Crippen molar-refractivity contribution in [3.63, 3.8) is 0 Å². The number of phenols is 1. The summed E-state index contributed by atoms with van der Waals surface area (Å²) in [6, 6.07) is 5.51. The van der Waals surface area contributed by atoms with Gasteiger partial charge in [-0.2, -0.15) is 0 Å². The summed E-state index contributed by atoms with van der Waals surface area (Å²) in [5.74, 6) is 1.28. The van der Waals surface area contributed by atoms with Gasteiger partial charge in [-0.15, -0.1) is 23.2 Å². The molecule has 0 amide bonds. The van der Waals surface area contributed by atoms with E-state index in [1.54, 1.807) is 6.07 Å². The summed E-state index contributed by atoms with van der Waals surface area (Å²) in [6.45, 7) is 0. The van der Waals surface area contributed by atoms with Crippen molar-refractivity contribution in [2.24, 2.45) is 0 Å². The summed E-state index contributed by atoms with van der Waals surface area (Å²) < 4.78 is 0. The maximum atomic E-state index is 9.35. The Labute approximate surface area is 88.3 Å². The van der Waals surface area contributed by atoms with Crippen molar-refractivity contribution in [1.29, 1.82) is 0 Å². The highest BCUT2D eigenvalue weighted by Crippen LogP contribution is 2.20. The molecule has 0 unspecified atom stereocenters. The average molecular weight is 219 g/mol. The molecule has 0 spiro atoms. The van der Waals surface area contributed by atoms with Crippen LogP contribution in [-0.4, -0.2) is 11.0 Å². The number of hydrogen-bond donors (Lipinski definition) is 1. The van der Waals surface area contributed by atoms with Crippen LogP contribution >= 0.6 is 23.2 Å². The summed E-state index contributed by atoms with van der Waals surface area (Å²) in [7, 11) is 0. The molecule has 0 heterocycles. The van der Waals surface area contributed by atoms with Gasteiger partial charge in [0.15, 0.2) is 0 Å². The maximum absolute atomic E-state index is 9.35. The third-order valence-electron chi connectivity index (χ3n) is 1.89. The molecule has 13 heavy (non-hydrogen) atoms. The maximum Gasteiger partial charge on any atom is 0.119 e. The van der Waals surface area contributed by atoms with Gasteiger partial charge >= 0.3 is 0 Å². The fraction of sp³-hybridized carbons (Fsp3) is 0.400. The topological polar surface area (TPSA) is 20.2 Å². The first-order chi connectivity index (χ1) is 6.27. The van der Waals surface area contributed by atoms with E-state index in [9.17, 15) is 5.11 Å². The molecule has 1 aromatic rings. The first-order valence-electron chi connectivity index (χ1n) is 4.20. The Kier molecular flexibility index (Phi) is 4.40.